The van der Waals surface area contributed by atoms with E-state index >= 15 is 0 Å². The summed E-state index contributed by atoms with van der Waals surface area (Å²) in [7, 11) is 0. The summed E-state index contributed by atoms with van der Waals surface area (Å²) < 4.78 is 0. The van der Waals surface area contributed by atoms with Gasteiger partial charge in [0.15, 0.2) is 0 Å². The molecule has 0 saturated carbocycles. The molecule has 8 nitrogen and oxygen atoms in total. The summed E-state index contributed by atoms with van der Waals surface area (Å²) >= 11 is 11.6. The van der Waals surface area contributed by atoms with E-state index in [2.05, 4.69) is 20.5 Å². The monoisotopic (exact) mass is 644 g/mol. The summed E-state index contributed by atoms with van der Waals surface area (Å²) in [4.78, 5) is 0. The van der Waals surface area contributed by atoms with Crippen LogP contribution in [0.5, 0.6) is 23.0 Å². The van der Waals surface area contributed by atoms with Gasteiger partial charge in [-0.15, -0.1) is 0 Å². The van der Waals surface area contributed by atoms with Crippen molar-refractivity contribution in [1.29, 1.82) is 0 Å². The SMILES string of the molecule is [Cr+3].[O-]c1ccc(Cl)cc1N=Nc1c([O-])ccc2ccccc12.[O-]c1ccc(Cl)cc1N=Nc1c([O-])ccc2ccccc12. The Bertz CT molecular complexity index is 1840. The van der Waals surface area contributed by atoms with E-state index in [1.807, 2.05) is 36.4 Å². The number of halogens is 2. The van der Waals surface area contributed by atoms with E-state index in [1.54, 1.807) is 24.3 Å². The van der Waals surface area contributed by atoms with Crippen molar-refractivity contribution in [3.63, 3.8) is 0 Å². The van der Waals surface area contributed by atoms with Gasteiger partial charge < -0.3 is 20.4 Å². The summed E-state index contributed by atoms with van der Waals surface area (Å²) in [5.74, 6) is -1.08. The van der Waals surface area contributed by atoms with Crippen LogP contribution in [0.25, 0.3) is 21.5 Å². The predicted octanol–water partition coefficient (Wildman–Crippen LogP) is 8.11. The quantitative estimate of drug-likeness (QED) is 0.179. The van der Waals surface area contributed by atoms with E-state index in [0.29, 0.717) is 20.8 Å². The number of azo groups is 2. The zero-order valence-electron chi connectivity index (χ0n) is 22.0. The second kappa shape index (κ2) is 14.0. The number of rotatable bonds is 4. The fraction of sp³-hybridized carbons (Fsp3) is 0. The molecule has 0 aliphatic rings. The van der Waals surface area contributed by atoms with Crippen LogP contribution in [0.2, 0.25) is 10.0 Å². The molecule has 0 heterocycles. The first kappa shape index (κ1) is 31.3. The minimum absolute atomic E-state index is 0. The van der Waals surface area contributed by atoms with Crippen LogP contribution < -0.4 is 20.4 Å². The predicted molar refractivity (Wildman–Crippen MR) is 157 cm³/mol. The molecule has 6 aromatic carbocycles. The van der Waals surface area contributed by atoms with Crippen molar-refractivity contribution in [3.8, 4) is 23.0 Å². The van der Waals surface area contributed by atoms with Crippen LogP contribution in [-0.4, -0.2) is 0 Å². The van der Waals surface area contributed by atoms with Gasteiger partial charge in [-0.3, -0.25) is 0 Å². The van der Waals surface area contributed by atoms with Crippen LogP contribution in [0.4, 0.5) is 22.7 Å². The Morgan fingerprint density at radius 2 is 0.791 bits per heavy atom. The Balaban J connectivity index is 0.000000192. The maximum Gasteiger partial charge on any atom is 3.00 e. The number of fused-ring (bicyclic) bond motifs is 2. The van der Waals surface area contributed by atoms with Crippen molar-refractivity contribution in [3.05, 3.63) is 119 Å². The molecule has 0 fully saturated rings. The van der Waals surface area contributed by atoms with Crippen LogP contribution in [-0.2, 0) is 17.4 Å². The van der Waals surface area contributed by atoms with Crippen molar-refractivity contribution in [1.82, 2.24) is 0 Å². The second-order valence-electron chi connectivity index (χ2n) is 8.89. The Hall–Kier alpha value is -4.65. The van der Waals surface area contributed by atoms with Crippen molar-refractivity contribution < 1.29 is 37.8 Å². The number of hydrogen-bond acceptors (Lipinski definition) is 8. The number of nitrogens with zero attached hydrogens (tertiary/aromatic N) is 4. The molecule has 0 spiro atoms. The average molecular weight is 645 g/mol. The first-order valence-electron chi connectivity index (χ1n) is 12.4. The third-order valence-corrected chi connectivity index (χ3v) is 6.55. The van der Waals surface area contributed by atoms with Gasteiger partial charge in [0.1, 0.15) is 0 Å². The minimum atomic E-state index is -0.296. The van der Waals surface area contributed by atoms with Gasteiger partial charge in [0.2, 0.25) is 0 Å². The first-order chi connectivity index (χ1) is 20.3. The van der Waals surface area contributed by atoms with Crippen molar-refractivity contribution in [2.45, 2.75) is 0 Å². The summed E-state index contributed by atoms with van der Waals surface area (Å²) in [6, 6.07) is 29.5. The van der Waals surface area contributed by atoms with E-state index in [1.165, 1.54) is 48.5 Å². The second-order valence-corrected chi connectivity index (χ2v) is 9.76. The average Bonchev–Trinajstić information content (AvgIpc) is 2.99. The molecule has 0 atom stereocenters. The van der Waals surface area contributed by atoms with E-state index in [4.69, 9.17) is 23.2 Å². The molecule has 11 heteroatoms. The van der Waals surface area contributed by atoms with Crippen molar-refractivity contribution >= 4 is 67.5 Å². The third-order valence-electron chi connectivity index (χ3n) is 6.08. The van der Waals surface area contributed by atoms with Gasteiger partial charge in [-0.25, -0.2) is 0 Å². The smallest absolute Gasteiger partial charge is 0.871 e. The van der Waals surface area contributed by atoms with Crippen molar-refractivity contribution in [2.24, 2.45) is 20.5 Å². The molecule has 0 saturated heterocycles. The van der Waals surface area contributed by atoms with Gasteiger partial charge in [0, 0.05) is 20.8 Å². The molecule has 0 aliphatic heterocycles. The third kappa shape index (κ3) is 7.41. The van der Waals surface area contributed by atoms with Gasteiger partial charge in [-0.1, -0.05) is 131 Å². The Morgan fingerprint density at radius 3 is 1.21 bits per heavy atom. The molecule has 211 valence electrons. The molecule has 0 amide bonds. The normalized spacial score (nSPS) is 11.0. The topological polar surface area (TPSA) is 142 Å². The maximum absolute atomic E-state index is 11.9. The van der Waals surface area contributed by atoms with Gasteiger partial charge in [-0.2, -0.15) is 20.5 Å². The number of benzene rings is 6. The summed E-state index contributed by atoms with van der Waals surface area (Å²) in [5, 5.41) is 66.8. The molecule has 6 rings (SSSR count). The minimum Gasteiger partial charge on any atom is -0.871 e. The van der Waals surface area contributed by atoms with Gasteiger partial charge in [-0.05, 0) is 35.0 Å². The molecule has 0 N–H and O–H groups in total. The summed E-state index contributed by atoms with van der Waals surface area (Å²) in [6.07, 6.45) is 0. The van der Waals surface area contributed by atoms with Crippen LogP contribution in [0.3, 0.4) is 0 Å². The van der Waals surface area contributed by atoms with Crippen molar-refractivity contribution in [2.75, 3.05) is 0 Å². The first-order valence-corrected chi connectivity index (χ1v) is 13.2. The Morgan fingerprint density at radius 1 is 0.419 bits per heavy atom. The molecule has 0 unspecified atom stereocenters. The molecule has 43 heavy (non-hydrogen) atoms. The fourth-order valence-corrected chi connectivity index (χ4v) is 4.35. The van der Waals surface area contributed by atoms with Crippen LogP contribution >= 0.6 is 23.2 Å². The summed E-state index contributed by atoms with van der Waals surface area (Å²) in [6.45, 7) is 0. The van der Waals surface area contributed by atoms with E-state index < -0.39 is 0 Å². The number of hydrogen-bond donors (Lipinski definition) is 0. The van der Waals surface area contributed by atoms with Gasteiger partial charge in [0.05, 0.1) is 22.7 Å². The zero-order chi connectivity index (χ0) is 29.6. The molecule has 6 aromatic rings. The summed E-state index contributed by atoms with van der Waals surface area (Å²) in [5.41, 5.74) is 0.643. The molecular weight excluding hydrogens is 627 g/mol. The molecule has 0 aromatic heterocycles. The largest absolute Gasteiger partial charge is 3.00 e. The molecular formula is C32H18Cl2CrN4O4-. The van der Waals surface area contributed by atoms with E-state index in [9.17, 15) is 20.4 Å². The molecule has 0 bridgehead atoms. The van der Waals surface area contributed by atoms with E-state index in [0.717, 1.165) is 10.8 Å². The molecule has 1 radical (unpaired) electrons. The van der Waals surface area contributed by atoms with Crippen LogP contribution in [0, 0.1) is 0 Å². The Kier molecular flexibility index (Phi) is 10.2. The van der Waals surface area contributed by atoms with Gasteiger partial charge >= 0.3 is 17.4 Å². The fourth-order valence-electron chi connectivity index (χ4n) is 4.02. The zero-order valence-corrected chi connectivity index (χ0v) is 24.8. The molecule has 0 aliphatic carbocycles. The van der Waals surface area contributed by atoms with E-state index in [-0.39, 0.29) is 63.1 Å². The van der Waals surface area contributed by atoms with Gasteiger partial charge in [0.25, 0.3) is 0 Å². The van der Waals surface area contributed by atoms with Crippen LogP contribution in [0.15, 0.2) is 130 Å². The van der Waals surface area contributed by atoms with Crippen LogP contribution in [0.1, 0.15) is 0 Å². The Labute approximate surface area is 267 Å². The maximum atomic E-state index is 11.9. The standard InChI is InChI=1S/2C16H11ClN2O2.Cr/c2*17-11-6-8-14(20)13(9-11)18-19-16-12-4-2-1-3-10(12)5-7-15(16)21;/h2*1-9,20-21H;/q;;+3/p-4.